The largest absolute Gasteiger partial charge is 0.384 e. The molecular formula is C17H23FN4O2. The smallest absolute Gasteiger partial charge is 0.320 e. The van der Waals surface area contributed by atoms with Gasteiger partial charge in [0, 0.05) is 12.6 Å². The average Bonchev–Trinajstić information content (AvgIpc) is 2.92. The Morgan fingerprint density at radius 3 is 2.62 bits per heavy atom. The molecule has 0 saturated heterocycles. The predicted molar refractivity (Wildman–Crippen MR) is 90.1 cm³/mol. The summed E-state index contributed by atoms with van der Waals surface area (Å²) < 4.78 is 14.7. The summed E-state index contributed by atoms with van der Waals surface area (Å²) in [6.07, 6.45) is 1.62. The second-order valence-electron chi connectivity index (χ2n) is 6.38. The molecule has 0 aliphatic heterocycles. The number of hydrogen-bond donors (Lipinski definition) is 3. The van der Waals surface area contributed by atoms with Crippen molar-refractivity contribution in [2.45, 2.75) is 32.9 Å². The number of nitrogens with zero attached hydrogens (tertiary/aromatic N) is 2. The molecule has 2 aromatic rings. The molecular weight excluding hydrogens is 311 g/mol. The van der Waals surface area contributed by atoms with E-state index in [0.717, 1.165) is 0 Å². The van der Waals surface area contributed by atoms with E-state index >= 15 is 0 Å². The monoisotopic (exact) mass is 334 g/mol. The first-order chi connectivity index (χ1) is 11.3. The molecule has 0 fully saturated rings. The number of anilines is 1. The van der Waals surface area contributed by atoms with Gasteiger partial charge in [-0.2, -0.15) is 5.10 Å². The molecule has 0 saturated carbocycles. The number of carbonyl (C=O) groups is 1. The van der Waals surface area contributed by atoms with Crippen molar-refractivity contribution >= 4 is 11.8 Å². The van der Waals surface area contributed by atoms with Crippen LogP contribution >= 0.6 is 0 Å². The summed E-state index contributed by atoms with van der Waals surface area (Å²) in [5, 5.41) is 19.9. The van der Waals surface area contributed by atoms with E-state index in [4.69, 9.17) is 0 Å². The molecule has 1 aromatic carbocycles. The molecule has 6 nitrogen and oxygen atoms in total. The number of amides is 2. The Balaban J connectivity index is 1.93. The Hall–Kier alpha value is -2.41. The van der Waals surface area contributed by atoms with Gasteiger partial charge in [-0.1, -0.05) is 26.0 Å². The first-order valence-electron chi connectivity index (χ1n) is 7.83. The van der Waals surface area contributed by atoms with E-state index in [-0.39, 0.29) is 12.4 Å². The minimum atomic E-state index is -1.30. The fourth-order valence-corrected chi connectivity index (χ4v) is 2.25. The highest BCUT2D eigenvalue weighted by atomic mass is 19.1. The maximum absolute atomic E-state index is 13.0. The fraction of sp³-hybridized carbons (Fsp3) is 0.412. The number of benzene rings is 1. The lowest BCUT2D eigenvalue weighted by Gasteiger charge is -2.24. The molecule has 2 amide bonds. The molecule has 24 heavy (non-hydrogen) atoms. The third-order valence-electron chi connectivity index (χ3n) is 3.56. The minimum absolute atomic E-state index is 0.0111. The van der Waals surface area contributed by atoms with Gasteiger partial charge in [0.15, 0.2) is 0 Å². The maximum atomic E-state index is 13.0. The van der Waals surface area contributed by atoms with E-state index in [9.17, 15) is 14.3 Å². The van der Waals surface area contributed by atoms with Gasteiger partial charge in [-0.15, -0.1) is 0 Å². The first-order valence-corrected chi connectivity index (χ1v) is 7.83. The molecule has 2 rings (SSSR count). The van der Waals surface area contributed by atoms with Crippen LogP contribution in [-0.2, 0) is 12.1 Å². The second-order valence-corrected chi connectivity index (χ2v) is 6.38. The summed E-state index contributed by atoms with van der Waals surface area (Å²) in [6.45, 7) is 6.36. The number of halogens is 1. The van der Waals surface area contributed by atoms with Gasteiger partial charge in [-0.25, -0.2) is 13.9 Å². The van der Waals surface area contributed by atoms with Gasteiger partial charge in [0.05, 0.1) is 12.7 Å². The normalized spacial score (nSPS) is 13.6. The van der Waals surface area contributed by atoms with Crippen LogP contribution in [-0.4, -0.2) is 27.5 Å². The van der Waals surface area contributed by atoms with Crippen LogP contribution in [0.15, 0.2) is 36.5 Å². The molecule has 1 heterocycles. The van der Waals surface area contributed by atoms with E-state index in [1.165, 1.54) is 24.3 Å². The van der Waals surface area contributed by atoms with Gasteiger partial charge >= 0.3 is 6.03 Å². The summed E-state index contributed by atoms with van der Waals surface area (Å²) >= 11 is 0. The van der Waals surface area contributed by atoms with Crippen molar-refractivity contribution in [2.75, 3.05) is 11.9 Å². The van der Waals surface area contributed by atoms with Crippen molar-refractivity contribution in [3.05, 3.63) is 47.9 Å². The molecule has 1 unspecified atom stereocenters. The number of urea groups is 1. The van der Waals surface area contributed by atoms with E-state index in [1.807, 2.05) is 0 Å². The van der Waals surface area contributed by atoms with Crippen molar-refractivity contribution in [1.82, 2.24) is 15.1 Å². The Kier molecular flexibility index (Phi) is 5.56. The molecule has 0 aliphatic rings. The number of rotatable bonds is 6. The lowest BCUT2D eigenvalue weighted by atomic mass is 9.96. The average molecular weight is 334 g/mol. The van der Waals surface area contributed by atoms with Gasteiger partial charge in [-0.3, -0.25) is 5.32 Å². The molecule has 3 N–H and O–H groups in total. The maximum Gasteiger partial charge on any atom is 0.320 e. The van der Waals surface area contributed by atoms with Crippen LogP contribution in [0.3, 0.4) is 0 Å². The lowest BCUT2D eigenvalue weighted by Crippen LogP contribution is -2.40. The lowest BCUT2D eigenvalue weighted by molar-refractivity contribution is 0.0599. The molecule has 0 spiro atoms. The molecule has 130 valence electrons. The first kappa shape index (κ1) is 17.9. The van der Waals surface area contributed by atoms with Crippen molar-refractivity contribution in [3.63, 3.8) is 0 Å². The van der Waals surface area contributed by atoms with Crippen LogP contribution in [0.5, 0.6) is 0 Å². The van der Waals surface area contributed by atoms with Crippen LogP contribution in [0.1, 0.15) is 26.3 Å². The van der Waals surface area contributed by atoms with Crippen molar-refractivity contribution in [2.24, 2.45) is 5.92 Å². The van der Waals surface area contributed by atoms with Crippen LogP contribution in [0.25, 0.3) is 0 Å². The Labute approximate surface area is 140 Å². The molecule has 7 heteroatoms. The summed E-state index contributed by atoms with van der Waals surface area (Å²) in [5.41, 5.74) is -0.780. The highest BCUT2D eigenvalue weighted by Crippen LogP contribution is 2.20. The Bertz CT molecular complexity index is 680. The quantitative estimate of drug-likeness (QED) is 0.760. The van der Waals surface area contributed by atoms with Gasteiger partial charge in [0.25, 0.3) is 0 Å². The number of hydrogen-bond acceptors (Lipinski definition) is 3. The van der Waals surface area contributed by atoms with E-state index in [1.54, 1.807) is 23.9 Å². The summed E-state index contributed by atoms with van der Waals surface area (Å²) in [7, 11) is 0. The second kappa shape index (κ2) is 7.44. The van der Waals surface area contributed by atoms with Gasteiger partial charge in [-0.05, 0) is 30.5 Å². The van der Waals surface area contributed by atoms with Crippen molar-refractivity contribution in [3.8, 4) is 0 Å². The standard InChI is InChI=1S/C17H23FN4O2/c1-12(2)10-22-15(8-9-20-22)21-16(23)19-11-17(3,24)13-4-6-14(18)7-5-13/h4-9,12,24H,10-11H2,1-3H3,(H2,19,21,23). The number of carbonyl (C=O) groups excluding carboxylic acids is 1. The minimum Gasteiger partial charge on any atom is -0.384 e. The van der Waals surface area contributed by atoms with Gasteiger partial charge < -0.3 is 10.4 Å². The van der Waals surface area contributed by atoms with E-state index in [2.05, 4.69) is 29.6 Å². The fourth-order valence-electron chi connectivity index (χ4n) is 2.25. The summed E-state index contributed by atoms with van der Waals surface area (Å²) in [5.74, 6) is 0.606. The third kappa shape index (κ3) is 4.79. The van der Waals surface area contributed by atoms with Crippen LogP contribution in [0.2, 0.25) is 0 Å². The zero-order chi connectivity index (χ0) is 17.7. The number of aliphatic hydroxyl groups is 1. The Morgan fingerprint density at radius 1 is 1.33 bits per heavy atom. The van der Waals surface area contributed by atoms with E-state index in [0.29, 0.717) is 23.8 Å². The zero-order valence-corrected chi connectivity index (χ0v) is 14.1. The van der Waals surface area contributed by atoms with Crippen LogP contribution in [0, 0.1) is 11.7 Å². The van der Waals surface area contributed by atoms with Crippen molar-refractivity contribution in [1.29, 1.82) is 0 Å². The van der Waals surface area contributed by atoms with Gasteiger partial charge in [0.2, 0.25) is 0 Å². The van der Waals surface area contributed by atoms with Crippen LogP contribution < -0.4 is 10.6 Å². The predicted octanol–water partition coefficient (Wildman–Crippen LogP) is 2.71. The highest BCUT2D eigenvalue weighted by molar-refractivity contribution is 5.88. The molecule has 1 atom stereocenters. The van der Waals surface area contributed by atoms with Crippen molar-refractivity contribution < 1.29 is 14.3 Å². The third-order valence-corrected chi connectivity index (χ3v) is 3.56. The van der Waals surface area contributed by atoms with Crippen LogP contribution in [0.4, 0.5) is 15.0 Å². The van der Waals surface area contributed by atoms with E-state index < -0.39 is 11.6 Å². The number of nitrogens with one attached hydrogen (secondary N) is 2. The van der Waals surface area contributed by atoms with Gasteiger partial charge in [0.1, 0.15) is 17.2 Å². The topological polar surface area (TPSA) is 79.2 Å². The highest BCUT2D eigenvalue weighted by Gasteiger charge is 2.24. The SMILES string of the molecule is CC(C)Cn1nccc1NC(=O)NCC(C)(O)c1ccc(F)cc1. The number of aromatic nitrogens is 2. The molecule has 1 aromatic heterocycles. The zero-order valence-electron chi connectivity index (χ0n) is 14.1. The summed E-state index contributed by atoms with van der Waals surface area (Å²) in [6, 6.07) is 6.80. The molecule has 0 bridgehead atoms. The molecule has 0 aliphatic carbocycles. The molecule has 0 radical (unpaired) electrons. The Morgan fingerprint density at radius 2 is 2.00 bits per heavy atom. The summed E-state index contributed by atoms with van der Waals surface area (Å²) in [4.78, 5) is 12.0.